The van der Waals surface area contributed by atoms with E-state index in [0.717, 1.165) is 64.7 Å². The molecular weight excluding hydrogens is 554 g/mol. The minimum atomic E-state index is -0.996. The molecule has 0 heterocycles. The molecule has 2 amide bonds. The van der Waals surface area contributed by atoms with Crippen LogP contribution in [0.5, 0.6) is 0 Å². The second-order valence-corrected chi connectivity index (χ2v) is 13.1. The van der Waals surface area contributed by atoms with Gasteiger partial charge in [-0.1, -0.05) is 104 Å². The molecule has 0 aromatic carbocycles. The third-order valence-electron chi connectivity index (χ3n) is 8.39. The SMILES string of the molecule is CCCCCCCCCCNC(=O)C(O)CN(C)CCCN(C)CCCN(C)CC(O)C(=O)NCCCCCCCCCC. The number of carbonyl (C=O) groups is 2. The molecule has 2 unspecified atom stereocenters. The summed E-state index contributed by atoms with van der Waals surface area (Å²) in [5.41, 5.74) is 0. The molecule has 0 aliphatic carbocycles. The molecule has 0 fully saturated rings. The van der Waals surface area contributed by atoms with Crippen molar-refractivity contribution in [2.24, 2.45) is 0 Å². The molecule has 262 valence electrons. The lowest BCUT2D eigenvalue weighted by atomic mass is 10.1. The van der Waals surface area contributed by atoms with Crippen LogP contribution in [0.25, 0.3) is 0 Å². The van der Waals surface area contributed by atoms with Gasteiger partial charge in [-0.25, -0.2) is 0 Å². The fourth-order valence-electron chi connectivity index (χ4n) is 5.45. The largest absolute Gasteiger partial charge is 0.382 e. The summed E-state index contributed by atoms with van der Waals surface area (Å²) in [6.45, 7) is 9.90. The molecule has 0 aromatic rings. The molecule has 4 N–H and O–H groups in total. The summed E-state index contributed by atoms with van der Waals surface area (Å²) in [5.74, 6) is -0.542. The van der Waals surface area contributed by atoms with E-state index in [-0.39, 0.29) is 11.8 Å². The normalized spacial score (nSPS) is 13.1. The Kier molecular flexibility index (Phi) is 29.5. The van der Waals surface area contributed by atoms with Crippen molar-refractivity contribution in [1.82, 2.24) is 25.3 Å². The van der Waals surface area contributed by atoms with Crippen LogP contribution >= 0.6 is 0 Å². The number of hydrogen-bond acceptors (Lipinski definition) is 7. The highest BCUT2D eigenvalue weighted by atomic mass is 16.3. The number of rotatable bonds is 32. The zero-order chi connectivity index (χ0) is 32.8. The van der Waals surface area contributed by atoms with E-state index >= 15 is 0 Å². The predicted molar refractivity (Wildman–Crippen MR) is 185 cm³/mol. The van der Waals surface area contributed by atoms with E-state index in [9.17, 15) is 19.8 Å². The smallest absolute Gasteiger partial charge is 0.250 e. The highest BCUT2D eigenvalue weighted by Gasteiger charge is 2.18. The molecule has 0 rings (SSSR count). The van der Waals surface area contributed by atoms with E-state index in [2.05, 4.69) is 36.4 Å². The first-order chi connectivity index (χ1) is 21.2. The number of aliphatic hydroxyl groups is 2. The van der Waals surface area contributed by atoms with Crippen molar-refractivity contribution in [3.8, 4) is 0 Å². The first kappa shape index (κ1) is 42.7. The molecule has 0 aliphatic rings. The van der Waals surface area contributed by atoms with Crippen molar-refractivity contribution in [2.45, 2.75) is 142 Å². The molecule has 0 aliphatic heterocycles. The predicted octanol–water partition coefficient (Wildman–Crippen LogP) is 4.80. The number of carbonyl (C=O) groups excluding carboxylic acids is 2. The molecule has 0 spiro atoms. The molecule has 9 nitrogen and oxygen atoms in total. The third-order valence-corrected chi connectivity index (χ3v) is 8.39. The highest BCUT2D eigenvalue weighted by Crippen LogP contribution is 2.09. The van der Waals surface area contributed by atoms with Crippen molar-refractivity contribution in [2.75, 3.05) is 73.5 Å². The van der Waals surface area contributed by atoms with Gasteiger partial charge in [0.25, 0.3) is 0 Å². The van der Waals surface area contributed by atoms with Crippen LogP contribution in [0.4, 0.5) is 0 Å². The first-order valence-electron chi connectivity index (χ1n) is 18.2. The molecule has 0 saturated carbocycles. The zero-order valence-corrected chi connectivity index (χ0v) is 29.6. The van der Waals surface area contributed by atoms with Gasteiger partial charge in [-0.05, 0) is 73.0 Å². The van der Waals surface area contributed by atoms with Crippen LogP contribution < -0.4 is 10.6 Å². The molecule has 2 atom stereocenters. The Hall–Kier alpha value is -1.26. The fourth-order valence-corrected chi connectivity index (χ4v) is 5.45. The van der Waals surface area contributed by atoms with E-state index in [0.29, 0.717) is 26.2 Å². The van der Waals surface area contributed by atoms with Gasteiger partial charge in [-0.15, -0.1) is 0 Å². The van der Waals surface area contributed by atoms with Gasteiger partial charge in [0.1, 0.15) is 12.2 Å². The van der Waals surface area contributed by atoms with E-state index in [1.165, 1.54) is 77.0 Å². The van der Waals surface area contributed by atoms with Gasteiger partial charge in [0.2, 0.25) is 11.8 Å². The summed E-state index contributed by atoms with van der Waals surface area (Å²) >= 11 is 0. The van der Waals surface area contributed by atoms with Crippen LogP contribution in [0.2, 0.25) is 0 Å². The Morgan fingerprint density at radius 3 is 1.11 bits per heavy atom. The quantitative estimate of drug-likeness (QED) is 0.0794. The number of aliphatic hydroxyl groups excluding tert-OH is 2. The summed E-state index contributed by atoms with van der Waals surface area (Å²) < 4.78 is 0. The van der Waals surface area contributed by atoms with E-state index in [1.54, 1.807) is 0 Å². The number of unbranched alkanes of at least 4 members (excludes halogenated alkanes) is 14. The van der Waals surface area contributed by atoms with Crippen molar-refractivity contribution in [1.29, 1.82) is 0 Å². The lowest BCUT2D eigenvalue weighted by Gasteiger charge is -2.23. The Balaban J connectivity index is 3.80. The second-order valence-electron chi connectivity index (χ2n) is 13.1. The average molecular weight is 628 g/mol. The van der Waals surface area contributed by atoms with Gasteiger partial charge in [0.15, 0.2) is 0 Å². The average Bonchev–Trinajstić information content (AvgIpc) is 2.99. The lowest BCUT2D eigenvalue weighted by molar-refractivity contribution is -0.130. The molecule has 0 radical (unpaired) electrons. The number of likely N-dealkylation sites (N-methyl/N-ethyl adjacent to an activating group) is 2. The maximum absolute atomic E-state index is 12.2. The van der Waals surface area contributed by atoms with E-state index in [4.69, 9.17) is 0 Å². The van der Waals surface area contributed by atoms with Gasteiger partial charge >= 0.3 is 0 Å². The molecule has 0 aromatic heterocycles. The summed E-state index contributed by atoms with van der Waals surface area (Å²) in [6.07, 6.45) is 19.6. The van der Waals surface area contributed by atoms with Crippen LogP contribution in [-0.4, -0.2) is 122 Å². The molecule has 0 bridgehead atoms. The summed E-state index contributed by atoms with van der Waals surface area (Å²) in [7, 11) is 5.99. The summed E-state index contributed by atoms with van der Waals surface area (Å²) in [5, 5.41) is 26.3. The third kappa shape index (κ3) is 27.1. The van der Waals surface area contributed by atoms with Crippen molar-refractivity contribution >= 4 is 11.8 Å². The topological polar surface area (TPSA) is 108 Å². The van der Waals surface area contributed by atoms with Crippen LogP contribution in [0.15, 0.2) is 0 Å². The molecule has 0 saturated heterocycles. The number of nitrogens with one attached hydrogen (secondary N) is 2. The van der Waals surface area contributed by atoms with Crippen LogP contribution in [0.1, 0.15) is 129 Å². The number of nitrogens with zero attached hydrogens (tertiary/aromatic N) is 3. The van der Waals surface area contributed by atoms with Gasteiger partial charge in [-0.2, -0.15) is 0 Å². The first-order valence-corrected chi connectivity index (χ1v) is 18.2. The standard InChI is InChI=1S/C35H73N5O4/c1-6-8-10-12-14-16-18-20-24-36-34(43)32(41)30-39(4)28-22-26-38(3)27-23-29-40(5)31-33(42)35(44)37-25-21-19-17-15-13-11-9-7-2/h32-33,41-42H,6-31H2,1-5H3,(H,36,43)(H,37,44). The van der Waals surface area contributed by atoms with Gasteiger partial charge in [0, 0.05) is 26.2 Å². The van der Waals surface area contributed by atoms with Crippen molar-refractivity contribution < 1.29 is 19.8 Å². The van der Waals surface area contributed by atoms with Crippen molar-refractivity contribution in [3.63, 3.8) is 0 Å². The highest BCUT2D eigenvalue weighted by molar-refractivity contribution is 5.81. The molecule has 9 heteroatoms. The summed E-state index contributed by atoms with van der Waals surface area (Å²) in [6, 6.07) is 0. The van der Waals surface area contributed by atoms with Gasteiger partial charge < -0.3 is 35.5 Å². The number of amides is 2. The zero-order valence-electron chi connectivity index (χ0n) is 29.6. The van der Waals surface area contributed by atoms with Crippen LogP contribution in [0, 0.1) is 0 Å². The van der Waals surface area contributed by atoms with Gasteiger partial charge in [-0.3, -0.25) is 9.59 Å². The minimum Gasteiger partial charge on any atom is -0.382 e. The lowest BCUT2D eigenvalue weighted by Crippen LogP contribution is -2.42. The Labute approximate surface area is 271 Å². The van der Waals surface area contributed by atoms with E-state index in [1.807, 2.05) is 23.9 Å². The maximum Gasteiger partial charge on any atom is 0.250 e. The van der Waals surface area contributed by atoms with Gasteiger partial charge in [0.05, 0.1) is 0 Å². The maximum atomic E-state index is 12.2. The molecule has 44 heavy (non-hydrogen) atoms. The monoisotopic (exact) mass is 628 g/mol. The Morgan fingerprint density at radius 1 is 0.477 bits per heavy atom. The minimum absolute atomic E-state index is 0.271. The second kappa shape index (κ2) is 30.4. The van der Waals surface area contributed by atoms with Crippen LogP contribution in [0.3, 0.4) is 0 Å². The van der Waals surface area contributed by atoms with Crippen molar-refractivity contribution in [3.05, 3.63) is 0 Å². The molecular formula is C35H73N5O4. The Morgan fingerprint density at radius 2 is 0.773 bits per heavy atom. The Bertz CT molecular complexity index is 615. The summed E-state index contributed by atoms with van der Waals surface area (Å²) in [4.78, 5) is 30.8. The number of hydrogen-bond donors (Lipinski definition) is 4. The van der Waals surface area contributed by atoms with E-state index < -0.39 is 12.2 Å². The van der Waals surface area contributed by atoms with Crippen LogP contribution in [-0.2, 0) is 9.59 Å². The fraction of sp³-hybridized carbons (Fsp3) is 0.943.